The zero-order valence-corrected chi connectivity index (χ0v) is 18.9. The average molecular weight is 508 g/mol. The normalized spacial score (nSPS) is 19.5. The number of halogens is 1. The second-order valence-electron chi connectivity index (χ2n) is 7.42. The van der Waals surface area contributed by atoms with Crippen molar-refractivity contribution in [2.45, 2.75) is 58.7 Å². The zero-order chi connectivity index (χ0) is 20.4. The molecule has 1 atom stereocenters. The Hall–Kier alpha value is -1.93. The minimum absolute atomic E-state index is 0.371. The molecule has 0 amide bonds. The third-order valence-electron chi connectivity index (χ3n) is 5.30. The summed E-state index contributed by atoms with van der Waals surface area (Å²) in [5.74, 6) is -0.788. The molecule has 0 N–H and O–H groups in total. The molecule has 0 saturated carbocycles. The zero-order valence-electron chi connectivity index (χ0n) is 16.7. The molecule has 4 rings (SSSR count). The van der Waals surface area contributed by atoms with E-state index in [4.69, 9.17) is 10.9 Å². The Bertz CT molecular complexity index is 865. The van der Waals surface area contributed by atoms with E-state index in [1.165, 1.54) is 42.5 Å². The number of rotatable bonds is 2. The van der Waals surface area contributed by atoms with Crippen LogP contribution in [-0.4, -0.2) is 11.9 Å². The minimum atomic E-state index is -2.83. The van der Waals surface area contributed by atoms with Crippen LogP contribution >= 0.6 is 20.6 Å². The van der Waals surface area contributed by atoms with Crippen LogP contribution in [0.2, 0.25) is 0 Å². The molecule has 0 saturated heterocycles. The molecule has 2 aromatic carbocycles. The van der Waals surface area contributed by atoms with Crippen molar-refractivity contribution in [2.24, 2.45) is 0 Å². The number of esters is 1. The summed E-state index contributed by atoms with van der Waals surface area (Å²) in [6.45, 7) is 2.77. The van der Waals surface area contributed by atoms with E-state index in [1.54, 1.807) is 0 Å². The van der Waals surface area contributed by atoms with Gasteiger partial charge in [-0.3, -0.25) is 0 Å². The molecule has 1 heterocycles. The molecule has 1 unspecified atom stereocenters. The van der Waals surface area contributed by atoms with Crippen LogP contribution in [0.3, 0.4) is 0 Å². The van der Waals surface area contributed by atoms with Crippen LogP contribution < -0.4 is 0 Å². The fourth-order valence-corrected chi connectivity index (χ4v) is 7.60. The third-order valence-corrected chi connectivity index (χ3v) is 9.21. The number of carbonyl (C=O) groups excluding carboxylic acids is 2. The maximum atomic E-state index is 11.8. The first-order valence-corrected chi connectivity index (χ1v) is 12.8. The van der Waals surface area contributed by atoms with Gasteiger partial charge in [0, 0.05) is 0 Å². The molecule has 2 aliphatic rings. The van der Waals surface area contributed by atoms with Crippen molar-refractivity contribution in [3.8, 4) is 0 Å². The molecule has 0 spiro atoms. The standard InChI is InChI=1S/C23H25IO5/c1-15(25)27-23-19-12-6-10-17-8-4-3-5-9-18-11-7-13-22(21(18)14-20(17)19)24(29-23)28-16(2)26/h6-7,10-13,23H,3-5,8-9,14H2,1-2H3. The number of benzene rings is 2. The summed E-state index contributed by atoms with van der Waals surface area (Å²) in [4.78, 5) is 23.7. The Morgan fingerprint density at radius 3 is 2.31 bits per heavy atom. The van der Waals surface area contributed by atoms with Crippen molar-refractivity contribution < 1.29 is 20.5 Å². The van der Waals surface area contributed by atoms with Gasteiger partial charge in [-0.1, -0.05) is 0 Å². The molecule has 0 radical (unpaired) electrons. The number of ether oxygens (including phenoxy) is 1. The molecule has 1 aliphatic carbocycles. The first-order valence-electron chi connectivity index (χ1n) is 9.98. The molecule has 6 heteroatoms. The summed E-state index contributed by atoms with van der Waals surface area (Å²) in [7, 11) is 0. The molecule has 0 aromatic heterocycles. The van der Waals surface area contributed by atoms with Crippen LogP contribution in [0.1, 0.15) is 67.2 Å². The summed E-state index contributed by atoms with van der Waals surface area (Å²) in [5.41, 5.74) is 5.84. The molecule has 1 aliphatic heterocycles. The molecule has 0 fully saturated rings. The van der Waals surface area contributed by atoms with Gasteiger partial charge in [0.05, 0.1) is 0 Å². The van der Waals surface area contributed by atoms with Crippen LogP contribution in [0.15, 0.2) is 36.4 Å². The van der Waals surface area contributed by atoms with Gasteiger partial charge < -0.3 is 0 Å². The summed E-state index contributed by atoms with van der Waals surface area (Å²) in [6.07, 6.45) is 5.35. The van der Waals surface area contributed by atoms with Gasteiger partial charge in [-0.05, 0) is 0 Å². The summed E-state index contributed by atoms with van der Waals surface area (Å²) < 4.78 is 18.5. The Morgan fingerprint density at radius 2 is 1.62 bits per heavy atom. The van der Waals surface area contributed by atoms with Crippen LogP contribution in [0.25, 0.3) is 0 Å². The number of carbonyl (C=O) groups is 2. The Kier molecular flexibility index (Phi) is 6.20. The molecule has 2 aromatic rings. The van der Waals surface area contributed by atoms with Gasteiger partial charge in [-0.25, -0.2) is 0 Å². The van der Waals surface area contributed by atoms with Crippen molar-refractivity contribution in [3.63, 3.8) is 0 Å². The van der Waals surface area contributed by atoms with E-state index in [0.29, 0.717) is 0 Å². The van der Waals surface area contributed by atoms with Crippen LogP contribution in [0.4, 0.5) is 0 Å². The van der Waals surface area contributed by atoms with E-state index in [2.05, 4.69) is 12.1 Å². The maximum absolute atomic E-state index is 11.8. The summed E-state index contributed by atoms with van der Waals surface area (Å²) >= 11 is -2.83. The quantitative estimate of drug-likeness (QED) is 0.412. The van der Waals surface area contributed by atoms with Crippen molar-refractivity contribution in [3.05, 3.63) is 67.8 Å². The molecule has 29 heavy (non-hydrogen) atoms. The molecular formula is C23H25IO5. The van der Waals surface area contributed by atoms with Crippen molar-refractivity contribution in [1.29, 1.82) is 0 Å². The van der Waals surface area contributed by atoms with Gasteiger partial charge in [-0.2, -0.15) is 0 Å². The third kappa shape index (κ3) is 4.48. The van der Waals surface area contributed by atoms with Crippen molar-refractivity contribution >= 4 is 32.6 Å². The molecule has 154 valence electrons. The number of hydrogen-bond donors (Lipinski definition) is 0. The summed E-state index contributed by atoms with van der Waals surface area (Å²) in [5, 5.41) is 0. The Balaban J connectivity index is 1.92. The number of aryl methyl sites for hydroxylation is 2. The van der Waals surface area contributed by atoms with E-state index in [-0.39, 0.29) is 5.97 Å². The SMILES string of the molecule is CC(=O)OC1OI(OC(C)=O)c2cccc3c2Cc2c(cccc21)CCCCC3. The fraction of sp³-hybridized carbons (Fsp3) is 0.391. The second-order valence-corrected chi connectivity index (χ2v) is 10.8. The van der Waals surface area contributed by atoms with Gasteiger partial charge in [0.25, 0.3) is 0 Å². The second kappa shape index (κ2) is 8.83. The van der Waals surface area contributed by atoms with E-state index in [0.717, 1.165) is 41.2 Å². The van der Waals surface area contributed by atoms with Gasteiger partial charge >= 0.3 is 179 Å². The topological polar surface area (TPSA) is 61.8 Å². The Morgan fingerprint density at radius 1 is 0.931 bits per heavy atom. The molecular weight excluding hydrogens is 483 g/mol. The first-order chi connectivity index (χ1) is 14.0. The van der Waals surface area contributed by atoms with Gasteiger partial charge in [0.2, 0.25) is 0 Å². The molecule has 2 bridgehead atoms. The van der Waals surface area contributed by atoms with Gasteiger partial charge in [-0.15, -0.1) is 0 Å². The summed E-state index contributed by atoms with van der Waals surface area (Å²) in [6, 6.07) is 12.3. The van der Waals surface area contributed by atoms with Crippen LogP contribution in [0, 0.1) is 3.57 Å². The van der Waals surface area contributed by atoms with Crippen molar-refractivity contribution in [2.75, 3.05) is 0 Å². The fourth-order valence-electron chi connectivity index (χ4n) is 4.05. The van der Waals surface area contributed by atoms with Crippen LogP contribution in [0.5, 0.6) is 0 Å². The van der Waals surface area contributed by atoms with E-state index < -0.39 is 32.9 Å². The monoisotopic (exact) mass is 508 g/mol. The molecule has 5 nitrogen and oxygen atoms in total. The average Bonchev–Trinajstić information content (AvgIpc) is 2.67. The van der Waals surface area contributed by atoms with E-state index in [9.17, 15) is 9.59 Å². The first kappa shape index (κ1) is 20.3. The van der Waals surface area contributed by atoms with Crippen molar-refractivity contribution in [1.82, 2.24) is 0 Å². The van der Waals surface area contributed by atoms with E-state index in [1.807, 2.05) is 24.3 Å². The predicted octanol–water partition coefficient (Wildman–Crippen LogP) is 5.21. The van der Waals surface area contributed by atoms with Gasteiger partial charge in [0.1, 0.15) is 0 Å². The number of hydrogen-bond acceptors (Lipinski definition) is 5. The van der Waals surface area contributed by atoms with Crippen LogP contribution in [-0.2, 0) is 39.7 Å². The van der Waals surface area contributed by atoms with Gasteiger partial charge in [0.15, 0.2) is 0 Å². The Labute approximate surface area is 179 Å². The van der Waals surface area contributed by atoms with E-state index >= 15 is 0 Å². The predicted molar refractivity (Wildman–Crippen MR) is 117 cm³/mol.